The standard InChI is InChI=1S/C11H14Cl2O3/c1-7(14)11(16-6-15-2)8-3-4-9(12)10(13)5-8/h3-5,7,11,14H,6H2,1-2H3/t7-,11+/m0/s1. The molecular weight excluding hydrogens is 251 g/mol. The van der Waals surface area contributed by atoms with Crippen LogP contribution in [-0.4, -0.2) is 25.1 Å². The highest BCUT2D eigenvalue weighted by Crippen LogP contribution is 2.28. The quantitative estimate of drug-likeness (QED) is 0.831. The molecule has 0 aliphatic carbocycles. The fraction of sp³-hybridized carbons (Fsp3) is 0.455. The highest BCUT2D eigenvalue weighted by molar-refractivity contribution is 6.42. The summed E-state index contributed by atoms with van der Waals surface area (Å²) in [5.41, 5.74) is 0.765. The van der Waals surface area contributed by atoms with Crippen LogP contribution in [0.1, 0.15) is 18.6 Å². The third-order valence-corrected chi connectivity index (χ3v) is 2.81. The Morgan fingerprint density at radius 2 is 2.00 bits per heavy atom. The highest BCUT2D eigenvalue weighted by atomic mass is 35.5. The molecule has 0 saturated heterocycles. The molecule has 90 valence electrons. The van der Waals surface area contributed by atoms with Gasteiger partial charge in [0.25, 0.3) is 0 Å². The van der Waals surface area contributed by atoms with Gasteiger partial charge in [0.2, 0.25) is 0 Å². The summed E-state index contributed by atoms with van der Waals surface area (Å²) in [5, 5.41) is 10.5. The van der Waals surface area contributed by atoms with E-state index in [4.69, 9.17) is 32.7 Å². The van der Waals surface area contributed by atoms with Crippen LogP contribution in [0.4, 0.5) is 0 Å². The van der Waals surface area contributed by atoms with E-state index in [0.29, 0.717) is 10.0 Å². The summed E-state index contributed by atoms with van der Waals surface area (Å²) in [4.78, 5) is 0. The van der Waals surface area contributed by atoms with E-state index in [0.717, 1.165) is 5.56 Å². The summed E-state index contributed by atoms with van der Waals surface area (Å²) in [6, 6.07) is 5.11. The third-order valence-electron chi connectivity index (χ3n) is 2.08. The predicted molar refractivity (Wildman–Crippen MR) is 63.8 cm³/mol. The van der Waals surface area contributed by atoms with Crippen molar-refractivity contribution in [3.63, 3.8) is 0 Å². The van der Waals surface area contributed by atoms with E-state index in [9.17, 15) is 5.11 Å². The van der Waals surface area contributed by atoms with Crippen molar-refractivity contribution in [2.75, 3.05) is 13.9 Å². The predicted octanol–water partition coefficient (Wildman–Crippen LogP) is 3.04. The molecule has 0 heterocycles. The van der Waals surface area contributed by atoms with E-state index in [1.54, 1.807) is 25.1 Å². The van der Waals surface area contributed by atoms with Gasteiger partial charge in [0.05, 0.1) is 16.1 Å². The van der Waals surface area contributed by atoms with Crippen molar-refractivity contribution in [3.05, 3.63) is 33.8 Å². The van der Waals surface area contributed by atoms with Crippen LogP contribution < -0.4 is 0 Å². The molecule has 0 amide bonds. The number of benzene rings is 1. The Balaban J connectivity index is 2.88. The molecule has 1 aromatic rings. The van der Waals surface area contributed by atoms with Gasteiger partial charge in [0.1, 0.15) is 12.9 Å². The zero-order valence-corrected chi connectivity index (χ0v) is 10.6. The second-order valence-corrected chi connectivity index (χ2v) is 4.22. The summed E-state index contributed by atoms with van der Waals surface area (Å²) < 4.78 is 10.2. The Morgan fingerprint density at radius 1 is 1.31 bits per heavy atom. The van der Waals surface area contributed by atoms with E-state index in [1.165, 1.54) is 7.11 Å². The van der Waals surface area contributed by atoms with Crippen LogP contribution in [0.3, 0.4) is 0 Å². The molecule has 0 spiro atoms. The van der Waals surface area contributed by atoms with Gasteiger partial charge in [-0.25, -0.2) is 0 Å². The molecule has 0 aliphatic rings. The second-order valence-electron chi connectivity index (χ2n) is 3.41. The average molecular weight is 265 g/mol. The molecule has 1 aromatic carbocycles. The summed E-state index contributed by atoms with van der Waals surface area (Å²) >= 11 is 11.7. The molecule has 0 aromatic heterocycles. The first kappa shape index (κ1) is 13.7. The van der Waals surface area contributed by atoms with E-state index in [-0.39, 0.29) is 6.79 Å². The Labute approximate surface area is 105 Å². The van der Waals surface area contributed by atoms with Crippen LogP contribution in [0.25, 0.3) is 0 Å². The van der Waals surface area contributed by atoms with Gasteiger partial charge in [0.15, 0.2) is 0 Å². The number of aliphatic hydroxyl groups is 1. The number of methoxy groups -OCH3 is 1. The first-order chi connectivity index (χ1) is 7.56. The number of rotatable bonds is 5. The van der Waals surface area contributed by atoms with Gasteiger partial charge < -0.3 is 14.6 Å². The number of ether oxygens (including phenoxy) is 2. The fourth-order valence-corrected chi connectivity index (χ4v) is 1.65. The third kappa shape index (κ3) is 3.61. The van der Waals surface area contributed by atoms with Gasteiger partial charge in [0, 0.05) is 7.11 Å². The molecule has 0 bridgehead atoms. The second kappa shape index (κ2) is 6.42. The van der Waals surface area contributed by atoms with Crippen molar-refractivity contribution in [2.24, 2.45) is 0 Å². The Bertz CT molecular complexity index is 342. The lowest BCUT2D eigenvalue weighted by atomic mass is 10.1. The topological polar surface area (TPSA) is 38.7 Å². The molecule has 16 heavy (non-hydrogen) atoms. The lowest BCUT2D eigenvalue weighted by Gasteiger charge is -2.20. The maximum absolute atomic E-state index is 9.60. The summed E-state index contributed by atoms with van der Waals surface area (Å²) in [7, 11) is 1.52. The first-order valence-electron chi connectivity index (χ1n) is 4.79. The molecule has 0 saturated carbocycles. The average Bonchev–Trinajstić information content (AvgIpc) is 2.23. The molecule has 0 fully saturated rings. The van der Waals surface area contributed by atoms with Gasteiger partial charge in [-0.2, -0.15) is 0 Å². The van der Waals surface area contributed by atoms with Crippen molar-refractivity contribution < 1.29 is 14.6 Å². The zero-order valence-electron chi connectivity index (χ0n) is 9.11. The van der Waals surface area contributed by atoms with E-state index < -0.39 is 12.2 Å². The smallest absolute Gasteiger partial charge is 0.147 e. The molecule has 3 nitrogen and oxygen atoms in total. The SMILES string of the molecule is COCO[C@@H](c1ccc(Cl)c(Cl)c1)[C@H](C)O. The summed E-state index contributed by atoms with van der Waals surface area (Å²) in [6.45, 7) is 1.75. The number of halogens is 2. The van der Waals surface area contributed by atoms with Crippen molar-refractivity contribution >= 4 is 23.2 Å². The fourth-order valence-electron chi connectivity index (χ4n) is 1.34. The van der Waals surface area contributed by atoms with Crippen LogP contribution in [0.2, 0.25) is 10.0 Å². The molecule has 2 atom stereocenters. The Kier molecular flexibility index (Phi) is 5.52. The minimum Gasteiger partial charge on any atom is -0.390 e. The number of aliphatic hydroxyl groups excluding tert-OH is 1. The Hall–Kier alpha value is -0.320. The minimum atomic E-state index is -0.660. The normalized spacial score (nSPS) is 14.8. The maximum Gasteiger partial charge on any atom is 0.147 e. The highest BCUT2D eigenvalue weighted by Gasteiger charge is 2.18. The molecule has 0 radical (unpaired) electrons. The van der Waals surface area contributed by atoms with Crippen molar-refractivity contribution in [1.82, 2.24) is 0 Å². The molecule has 0 aliphatic heterocycles. The number of hydrogen-bond donors (Lipinski definition) is 1. The molecule has 1 N–H and O–H groups in total. The van der Waals surface area contributed by atoms with Crippen LogP contribution in [0.5, 0.6) is 0 Å². The van der Waals surface area contributed by atoms with Crippen molar-refractivity contribution in [2.45, 2.75) is 19.1 Å². The minimum absolute atomic E-state index is 0.107. The maximum atomic E-state index is 9.60. The molecule has 1 rings (SSSR count). The van der Waals surface area contributed by atoms with Crippen LogP contribution >= 0.6 is 23.2 Å². The van der Waals surface area contributed by atoms with E-state index in [1.807, 2.05) is 0 Å². The lowest BCUT2D eigenvalue weighted by Crippen LogP contribution is -2.19. The van der Waals surface area contributed by atoms with Gasteiger partial charge in [-0.15, -0.1) is 0 Å². The van der Waals surface area contributed by atoms with Gasteiger partial charge >= 0.3 is 0 Å². The van der Waals surface area contributed by atoms with Gasteiger partial charge in [-0.3, -0.25) is 0 Å². The van der Waals surface area contributed by atoms with E-state index >= 15 is 0 Å². The molecule has 5 heteroatoms. The molecule has 0 unspecified atom stereocenters. The van der Waals surface area contributed by atoms with Crippen LogP contribution in [0.15, 0.2) is 18.2 Å². The summed E-state index contributed by atoms with van der Waals surface area (Å²) in [5.74, 6) is 0. The largest absolute Gasteiger partial charge is 0.390 e. The number of hydrogen-bond acceptors (Lipinski definition) is 3. The Morgan fingerprint density at radius 3 is 2.50 bits per heavy atom. The molecular formula is C11H14Cl2O3. The summed E-state index contributed by atoms with van der Waals surface area (Å²) in [6.07, 6.45) is -1.14. The monoisotopic (exact) mass is 264 g/mol. The van der Waals surface area contributed by atoms with Crippen molar-refractivity contribution in [1.29, 1.82) is 0 Å². The van der Waals surface area contributed by atoms with Crippen LogP contribution in [-0.2, 0) is 9.47 Å². The van der Waals surface area contributed by atoms with E-state index in [2.05, 4.69) is 0 Å². The van der Waals surface area contributed by atoms with Crippen molar-refractivity contribution in [3.8, 4) is 0 Å². The van der Waals surface area contributed by atoms with Gasteiger partial charge in [-0.05, 0) is 24.6 Å². The van der Waals surface area contributed by atoms with Gasteiger partial charge in [-0.1, -0.05) is 29.3 Å². The lowest BCUT2D eigenvalue weighted by molar-refractivity contribution is -0.110. The zero-order chi connectivity index (χ0) is 12.1. The first-order valence-corrected chi connectivity index (χ1v) is 5.55. The van der Waals surface area contributed by atoms with Crippen LogP contribution in [0, 0.1) is 0 Å².